The van der Waals surface area contributed by atoms with Crippen LogP contribution in [0, 0.1) is 11.3 Å². The van der Waals surface area contributed by atoms with Crippen LogP contribution in [0.5, 0.6) is 0 Å². The van der Waals surface area contributed by atoms with Crippen LogP contribution in [0.15, 0.2) is 24.3 Å². The van der Waals surface area contributed by atoms with Gasteiger partial charge in [0.25, 0.3) is 0 Å². The number of benzene rings is 1. The van der Waals surface area contributed by atoms with Crippen molar-refractivity contribution in [3.05, 3.63) is 35.4 Å². The van der Waals surface area contributed by atoms with Gasteiger partial charge >= 0.3 is 0 Å². The second-order valence-electron chi connectivity index (χ2n) is 5.08. The Kier molecular flexibility index (Phi) is 4.23. The van der Waals surface area contributed by atoms with Gasteiger partial charge in [-0.15, -0.1) is 0 Å². The standard InChI is InChI=1S/C14H18N2O2S/c1-11(13-5-2-4-12(8-13)9-15)16-14-6-3-7-19(17,18)10-14/h2,4-5,8,11,14,16H,3,6-7,10H2,1H3. The van der Waals surface area contributed by atoms with Gasteiger partial charge in [0.15, 0.2) is 9.84 Å². The van der Waals surface area contributed by atoms with Gasteiger partial charge in [-0.1, -0.05) is 12.1 Å². The van der Waals surface area contributed by atoms with E-state index in [-0.39, 0.29) is 17.8 Å². The van der Waals surface area contributed by atoms with Crippen molar-refractivity contribution in [1.82, 2.24) is 5.32 Å². The highest BCUT2D eigenvalue weighted by atomic mass is 32.2. The highest BCUT2D eigenvalue weighted by molar-refractivity contribution is 7.91. The Balaban J connectivity index is 2.04. The zero-order valence-electron chi connectivity index (χ0n) is 11.0. The van der Waals surface area contributed by atoms with Crippen molar-refractivity contribution in [2.75, 3.05) is 11.5 Å². The second-order valence-corrected chi connectivity index (χ2v) is 7.31. The Morgan fingerprint density at radius 2 is 2.26 bits per heavy atom. The Morgan fingerprint density at radius 3 is 2.95 bits per heavy atom. The van der Waals surface area contributed by atoms with Crippen LogP contribution in [0.25, 0.3) is 0 Å². The molecule has 0 radical (unpaired) electrons. The van der Waals surface area contributed by atoms with Crippen molar-refractivity contribution in [2.24, 2.45) is 0 Å². The predicted molar refractivity (Wildman–Crippen MR) is 74.4 cm³/mol. The van der Waals surface area contributed by atoms with Crippen molar-refractivity contribution in [1.29, 1.82) is 5.26 Å². The molecule has 5 heteroatoms. The fourth-order valence-electron chi connectivity index (χ4n) is 2.48. The van der Waals surface area contributed by atoms with E-state index in [2.05, 4.69) is 11.4 Å². The van der Waals surface area contributed by atoms with Gasteiger partial charge in [-0.05, 0) is 37.5 Å². The molecule has 0 amide bonds. The summed E-state index contributed by atoms with van der Waals surface area (Å²) in [5, 5.41) is 12.2. The first-order chi connectivity index (χ1) is 9.00. The van der Waals surface area contributed by atoms with E-state index in [0.29, 0.717) is 11.3 Å². The molecule has 2 unspecified atom stereocenters. The maximum Gasteiger partial charge on any atom is 0.151 e. The molecule has 1 saturated heterocycles. The van der Waals surface area contributed by atoms with Crippen molar-refractivity contribution in [3.63, 3.8) is 0 Å². The fourth-order valence-corrected chi connectivity index (χ4v) is 4.13. The Labute approximate surface area is 114 Å². The second kappa shape index (κ2) is 5.72. The van der Waals surface area contributed by atoms with Crippen molar-refractivity contribution < 1.29 is 8.42 Å². The van der Waals surface area contributed by atoms with Crippen LogP contribution in [0.2, 0.25) is 0 Å². The van der Waals surface area contributed by atoms with Gasteiger partial charge in [-0.2, -0.15) is 5.26 Å². The maximum absolute atomic E-state index is 11.6. The number of nitrogens with zero attached hydrogens (tertiary/aromatic N) is 1. The Morgan fingerprint density at radius 1 is 1.47 bits per heavy atom. The van der Waals surface area contributed by atoms with E-state index >= 15 is 0 Å². The van der Waals surface area contributed by atoms with Gasteiger partial charge in [0.05, 0.1) is 23.1 Å². The van der Waals surface area contributed by atoms with Gasteiger partial charge in [0.2, 0.25) is 0 Å². The summed E-state index contributed by atoms with van der Waals surface area (Å²) in [7, 11) is -2.89. The van der Waals surface area contributed by atoms with Crippen LogP contribution >= 0.6 is 0 Å². The molecule has 0 aromatic heterocycles. The quantitative estimate of drug-likeness (QED) is 0.915. The number of nitrogens with one attached hydrogen (secondary N) is 1. The van der Waals surface area contributed by atoms with Crippen molar-refractivity contribution >= 4 is 9.84 Å². The molecule has 1 aromatic rings. The minimum Gasteiger partial charge on any atom is -0.306 e. The van der Waals surface area contributed by atoms with E-state index in [1.165, 1.54) is 0 Å². The normalized spacial score (nSPS) is 23.5. The number of sulfone groups is 1. The predicted octanol–water partition coefficient (Wildman–Crippen LogP) is 1.79. The highest BCUT2D eigenvalue weighted by Gasteiger charge is 2.25. The lowest BCUT2D eigenvalue weighted by atomic mass is 10.0. The van der Waals surface area contributed by atoms with Crippen LogP contribution in [-0.4, -0.2) is 26.0 Å². The molecular formula is C14H18N2O2S. The van der Waals surface area contributed by atoms with Gasteiger partial charge < -0.3 is 5.32 Å². The van der Waals surface area contributed by atoms with Gasteiger partial charge in [-0.3, -0.25) is 0 Å². The summed E-state index contributed by atoms with van der Waals surface area (Å²) in [6.07, 6.45) is 1.62. The minimum atomic E-state index is -2.89. The fraction of sp³-hybridized carbons (Fsp3) is 0.500. The molecule has 4 nitrogen and oxygen atoms in total. The van der Waals surface area contributed by atoms with E-state index < -0.39 is 9.84 Å². The molecule has 0 aliphatic carbocycles. The summed E-state index contributed by atoms with van der Waals surface area (Å²) >= 11 is 0. The molecule has 1 aliphatic heterocycles. The third-order valence-electron chi connectivity index (χ3n) is 3.46. The van der Waals surface area contributed by atoms with Crippen molar-refractivity contribution in [2.45, 2.75) is 31.8 Å². The molecule has 1 heterocycles. The summed E-state index contributed by atoms with van der Waals surface area (Å²) in [6, 6.07) is 9.59. The average molecular weight is 278 g/mol. The number of hydrogen-bond acceptors (Lipinski definition) is 4. The first-order valence-electron chi connectivity index (χ1n) is 6.47. The molecule has 0 saturated carbocycles. The molecule has 1 N–H and O–H groups in total. The van der Waals surface area contributed by atoms with Crippen LogP contribution in [-0.2, 0) is 9.84 Å². The third-order valence-corrected chi connectivity index (χ3v) is 5.29. The molecule has 1 fully saturated rings. The number of rotatable bonds is 3. The van der Waals surface area contributed by atoms with E-state index in [1.54, 1.807) is 6.07 Å². The molecule has 2 rings (SSSR count). The largest absolute Gasteiger partial charge is 0.306 e. The van der Waals surface area contributed by atoms with E-state index in [9.17, 15) is 8.42 Å². The molecule has 19 heavy (non-hydrogen) atoms. The lowest BCUT2D eigenvalue weighted by molar-refractivity contribution is 0.437. The maximum atomic E-state index is 11.6. The summed E-state index contributed by atoms with van der Waals surface area (Å²) < 4.78 is 23.2. The third kappa shape index (κ3) is 3.79. The lowest BCUT2D eigenvalue weighted by Gasteiger charge is -2.26. The summed E-state index contributed by atoms with van der Waals surface area (Å²) in [5.41, 5.74) is 1.64. The minimum absolute atomic E-state index is 0.0134. The lowest BCUT2D eigenvalue weighted by Crippen LogP contribution is -2.41. The molecule has 0 bridgehead atoms. The van der Waals surface area contributed by atoms with Crippen LogP contribution in [0.3, 0.4) is 0 Å². The zero-order valence-corrected chi connectivity index (χ0v) is 11.8. The SMILES string of the molecule is CC(NC1CCCS(=O)(=O)C1)c1cccc(C#N)c1. The molecule has 2 atom stereocenters. The Hall–Kier alpha value is -1.38. The summed E-state index contributed by atoms with van der Waals surface area (Å²) in [4.78, 5) is 0. The molecule has 1 aliphatic rings. The summed E-state index contributed by atoms with van der Waals surface area (Å²) in [6.45, 7) is 2.00. The molecule has 0 spiro atoms. The average Bonchev–Trinajstić information content (AvgIpc) is 2.37. The van der Waals surface area contributed by atoms with Crippen LogP contribution < -0.4 is 5.32 Å². The number of nitriles is 1. The smallest absolute Gasteiger partial charge is 0.151 e. The molecular weight excluding hydrogens is 260 g/mol. The van der Waals surface area contributed by atoms with Gasteiger partial charge in [-0.25, -0.2) is 8.42 Å². The van der Waals surface area contributed by atoms with Crippen LogP contribution in [0.4, 0.5) is 0 Å². The first-order valence-corrected chi connectivity index (χ1v) is 8.29. The molecule has 102 valence electrons. The molecule has 1 aromatic carbocycles. The number of hydrogen-bond donors (Lipinski definition) is 1. The van der Waals surface area contributed by atoms with E-state index in [0.717, 1.165) is 18.4 Å². The monoisotopic (exact) mass is 278 g/mol. The van der Waals surface area contributed by atoms with Gasteiger partial charge in [0, 0.05) is 12.1 Å². The Bertz CT molecular complexity index is 590. The van der Waals surface area contributed by atoms with E-state index in [4.69, 9.17) is 5.26 Å². The zero-order chi connectivity index (χ0) is 13.9. The van der Waals surface area contributed by atoms with Crippen molar-refractivity contribution in [3.8, 4) is 6.07 Å². The first kappa shape index (κ1) is 14.0. The van der Waals surface area contributed by atoms with Gasteiger partial charge in [0.1, 0.15) is 0 Å². The highest BCUT2D eigenvalue weighted by Crippen LogP contribution is 2.18. The summed E-state index contributed by atoms with van der Waals surface area (Å²) in [5.74, 6) is 0.527. The van der Waals surface area contributed by atoms with Crippen LogP contribution in [0.1, 0.15) is 36.9 Å². The van der Waals surface area contributed by atoms with E-state index in [1.807, 2.05) is 25.1 Å². The topological polar surface area (TPSA) is 70.0 Å².